The largest absolute Gasteiger partial charge is 0.386 e. The van der Waals surface area contributed by atoms with Crippen LogP contribution in [0.4, 0.5) is 0 Å². The molecular formula is C19H32O3. The third-order valence-electron chi connectivity index (χ3n) is 4.30. The lowest BCUT2D eigenvalue weighted by Gasteiger charge is -2.03. The fraction of sp³-hybridized carbons (Fsp3) is 0.789. The molecule has 0 N–H and O–H groups in total. The molecule has 0 atom stereocenters. The third kappa shape index (κ3) is 9.01. The van der Waals surface area contributed by atoms with Crippen molar-refractivity contribution in [2.24, 2.45) is 0 Å². The number of carbonyl (C=O) groups excluding carboxylic acids is 2. The standard InChI is InChI=1S/C19H32O3/c1-2-3-4-5-6-7-8-9-10-11-12-13-14-15-17-16-18(20)22-19(17)21/h16H,2-15H2,1H3. The molecule has 22 heavy (non-hydrogen) atoms. The summed E-state index contributed by atoms with van der Waals surface area (Å²) in [6.45, 7) is 2.26. The lowest BCUT2D eigenvalue weighted by Crippen LogP contribution is -2.01. The van der Waals surface area contributed by atoms with Crippen LogP contribution in [-0.4, -0.2) is 11.9 Å². The molecule has 0 fully saturated rings. The zero-order valence-electron chi connectivity index (χ0n) is 14.2. The van der Waals surface area contributed by atoms with Crippen molar-refractivity contribution in [3.8, 4) is 0 Å². The molecule has 0 aromatic rings. The third-order valence-corrected chi connectivity index (χ3v) is 4.30. The first-order valence-corrected chi connectivity index (χ1v) is 9.20. The zero-order chi connectivity index (χ0) is 16.0. The highest BCUT2D eigenvalue weighted by molar-refractivity contribution is 6.08. The van der Waals surface area contributed by atoms with Gasteiger partial charge in [0.1, 0.15) is 0 Å². The van der Waals surface area contributed by atoms with Crippen LogP contribution in [0.25, 0.3) is 0 Å². The number of rotatable bonds is 14. The van der Waals surface area contributed by atoms with E-state index in [9.17, 15) is 9.59 Å². The second kappa shape index (κ2) is 12.4. The van der Waals surface area contributed by atoms with Crippen molar-refractivity contribution in [2.45, 2.75) is 96.8 Å². The minimum absolute atomic E-state index is 0.441. The average molecular weight is 308 g/mol. The van der Waals surface area contributed by atoms with E-state index in [0.29, 0.717) is 12.0 Å². The first kappa shape index (κ1) is 18.9. The second-order valence-electron chi connectivity index (χ2n) is 6.37. The molecule has 1 rings (SSSR count). The van der Waals surface area contributed by atoms with Crippen molar-refractivity contribution in [2.75, 3.05) is 0 Å². The van der Waals surface area contributed by atoms with E-state index >= 15 is 0 Å². The molecule has 3 nitrogen and oxygen atoms in total. The molecule has 126 valence electrons. The van der Waals surface area contributed by atoms with Crippen LogP contribution in [0.1, 0.15) is 96.8 Å². The number of cyclic esters (lactones) is 2. The molecule has 0 aromatic carbocycles. The maximum absolute atomic E-state index is 11.2. The first-order valence-electron chi connectivity index (χ1n) is 9.20. The molecule has 0 aromatic heterocycles. The van der Waals surface area contributed by atoms with Gasteiger partial charge in [0.25, 0.3) is 0 Å². The number of carbonyl (C=O) groups is 2. The van der Waals surface area contributed by atoms with E-state index in [1.807, 2.05) is 0 Å². The Hall–Kier alpha value is -1.12. The summed E-state index contributed by atoms with van der Waals surface area (Å²) in [5.41, 5.74) is 0.549. The van der Waals surface area contributed by atoms with E-state index in [1.165, 1.54) is 76.7 Å². The van der Waals surface area contributed by atoms with E-state index in [2.05, 4.69) is 11.7 Å². The van der Waals surface area contributed by atoms with Gasteiger partial charge in [-0.15, -0.1) is 0 Å². The Kier molecular flexibility index (Phi) is 10.7. The van der Waals surface area contributed by atoms with Crippen molar-refractivity contribution in [1.82, 2.24) is 0 Å². The highest BCUT2D eigenvalue weighted by Gasteiger charge is 2.22. The number of esters is 2. The van der Waals surface area contributed by atoms with E-state index in [0.717, 1.165) is 12.8 Å². The summed E-state index contributed by atoms with van der Waals surface area (Å²) in [5.74, 6) is -0.946. The second-order valence-corrected chi connectivity index (χ2v) is 6.37. The summed E-state index contributed by atoms with van der Waals surface area (Å²) >= 11 is 0. The summed E-state index contributed by atoms with van der Waals surface area (Å²) in [4.78, 5) is 22.1. The molecule has 1 aliphatic heterocycles. The van der Waals surface area contributed by atoms with Crippen LogP contribution < -0.4 is 0 Å². The maximum atomic E-state index is 11.2. The highest BCUT2D eigenvalue weighted by atomic mass is 16.6. The molecule has 0 unspecified atom stereocenters. The van der Waals surface area contributed by atoms with E-state index in [1.54, 1.807) is 0 Å². The molecule has 0 saturated heterocycles. The SMILES string of the molecule is CCCCCCCCCCCCCCCC1=CC(=O)OC1=O. The summed E-state index contributed by atoms with van der Waals surface area (Å²) in [6, 6.07) is 0. The van der Waals surface area contributed by atoms with E-state index < -0.39 is 11.9 Å². The van der Waals surface area contributed by atoms with Crippen LogP contribution in [0.5, 0.6) is 0 Å². The normalized spacial score (nSPS) is 14.3. The maximum Gasteiger partial charge on any atom is 0.342 e. The monoisotopic (exact) mass is 308 g/mol. The molecule has 3 heteroatoms. The van der Waals surface area contributed by atoms with Crippen LogP contribution in [0.2, 0.25) is 0 Å². The zero-order valence-corrected chi connectivity index (χ0v) is 14.2. The minimum Gasteiger partial charge on any atom is -0.386 e. The lowest BCUT2D eigenvalue weighted by molar-refractivity contribution is -0.150. The first-order chi connectivity index (χ1) is 10.7. The topological polar surface area (TPSA) is 43.4 Å². The van der Waals surface area contributed by atoms with Gasteiger partial charge in [0.05, 0.1) is 0 Å². The Morgan fingerprint density at radius 3 is 1.59 bits per heavy atom. The number of hydrogen-bond acceptors (Lipinski definition) is 3. The number of hydrogen-bond donors (Lipinski definition) is 0. The predicted octanol–water partition coefficient (Wildman–Crippen LogP) is 5.48. The Balaban J connectivity index is 1.79. The van der Waals surface area contributed by atoms with Crippen LogP contribution in [0, 0.1) is 0 Å². The quantitative estimate of drug-likeness (QED) is 0.242. The van der Waals surface area contributed by atoms with Crippen molar-refractivity contribution in [1.29, 1.82) is 0 Å². The van der Waals surface area contributed by atoms with Crippen molar-refractivity contribution >= 4 is 11.9 Å². The highest BCUT2D eigenvalue weighted by Crippen LogP contribution is 2.17. The van der Waals surface area contributed by atoms with Crippen molar-refractivity contribution in [3.63, 3.8) is 0 Å². The fourth-order valence-electron chi connectivity index (χ4n) is 2.90. The Morgan fingerprint density at radius 1 is 0.727 bits per heavy atom. The average Bonchev–Trinajstić information content (AvgIpc) is 2.82. The Morgan fingerprint density at radius 2 is 1.18 bits per heavy atom. The fourth-order valence-corrected chi connectivity index (χ4v) is 2.90. The van der Waals surface area contributed by atoms with E-state index in [4.69, 9.17) is 0 Å². The van der Waals surface area contributed by atoms with Gasteiger partial charge in [-0.25, -0.2) is 9.59 Å². The summed E-state index contributed by atoms with van der Waals surface area (Å²) < 4.78 is 4.47. The van der Waals surface area contributed by atoms with Crippen LogP contribution in [0.15, 0.2) is 11.6 Å². The number of ether oxygens (including phenoxy) is 1. The van der Waals surface area contributed by atoms with Gasteiger partial charge in [-0.2, -0.15) is 0 Å². The smallest absolute Gasteiger partial charge is 0.342 e. The molecule has 0 amide bonds. The van der Waals surface area contributed by atoms with Gasteiger partial charge in [0, 0.05) is 11.6 Å². The summed E-state index contributed by atoms with van der Waals surface area (Å²) in [7, 11) is 0. The van der Waals surface area contributed by atoms with Crippen molar-refractivity contribution < 1.29 is 14.3 Å². The van der Waals surface area contributed by atoms with Gasteiger partial charge in [-0.3, -0.25) is 0 Å². The van der Waals surface area contributed by atoms with Gasteiger partial charge < -0.3 is 4.74 Å². The molecule has 0 saturated carbocycles. The molecule has 0 aliphatic carbocycles. The molecule has 0 bridgehead atoms. The summed E-state index contributed by atoms with van der Waals surface area (Å²) in [5, 5.41) is 0. The van der Waals surface area contributed by atoms with Crippen LogP contribution in [0.3, 0.4) is 0 Å². The van der Waals surface area contributed by atoms with Gasteiger partial charge in [0.2, 0.25) is 0 Å². The van der Waals surface area contributed by atoms with Crippen LogP contribution in [-0.2, 0) is 14.3 Å². The Labute approximate surface area is 135 Å². The van der Waals surface area contributed by atoms with Gasteiger partial charge >= 0.3 is 11.9 Å². The predicted molar refractivity (Wildman–Crippen MR) is 89.5 cm³/mol. The summed E-state index contributed by atoms with van der Waals surface area (Å²) in [6.07, 6.45) is 19.1. The molecule has 1 aliphatic rings. The molecule has 1 heterocycles. The lowest BCUT2D eigenvalue weighted by atomic mass is 10.0. The molecular weight excluding hydrogens is 276 g/mol. The van der Waals surface area contributed by atoms with Crippen molar-refractivity contribution in [3.05, 3.63) is 11.6 Å². The van der Waals surface area contributed by atoms with Crippen LogP contribution >= 0.6 is 0 Å². The minimum atomic E-state index is -0.505. The van der Waals surface area contributed by atoms with Gasteiger partial charge in [-0.05, 0) is 12.8 Å². The number of unbranched alkanes of at least 4 members (excludes halogenated alkanes) is 12. The van der Waals surface area contributed by atoms with E-state index in [-0.39, 0.29) is 0 Å². The Bertz CT molecular complexity index is 358. The molecule has 0 spiro atoms. The molecule has 0 radical (unpaired) electrons. The van der Waals surface area contributed by atoms with Gasteiger partial charge in [0.15, 0.2) is 0 Å². The van der Waals surface area contributed by atoms with Gasteiger partial charge in [-0.1, -0.05) is 84.0 Å².